The van der Waals surface area contributed by atoms with Crippen molar-refractivity contribution in [1.82, 2.24) is 4.31 Å². The number of halogens is 2. The van der Waals surface area contributed by atoms with E-state index in [9.17, 15) is 17.9 Å². The first kappa shape index (κ1) is 13.9. The van der Waals surface area contributed by atoms with Crippen molar-refractivity contribution in [1.29, 1.82) is 0 Å². The van der Waals surface area contributed by atoms with Crippen LogP contribution in [0, 0.1) is 5.82 Å². The monoisotopic (exact) mass is 337 g/mol. The van der Waals surface area contributed by atoms with E-state index in [1.54, 1.807) is 0 Å². The minimum Gasteiger partial charge on any atom is -0.392 e. The standard InChI is InChI=1S/C11H13BrFNO3S/c12-8-3-4-11(10(13)6-8)18(16,17)14-5-1-2-9(15)7-14/h3-4,6,9,15H,1-2,5,7H2/t9-/m0/s1. The largest absolute Gasteiger partial charge is 0.392 e. The molecule has 18 heavy (non-hydrogen) atoms. The number of rotatable bonds is 2. The molecule has 0 amide bonds. The highest BCUT2D eigenvalue weighted by Crippen LogP contribution is 2.25. The molecule has 0 bridgehead atoms. The van der Waals surface area contributed by atoms with Gasteiger partial charge in [-0.1, -0.05) is 15.9 Å². The van der Waals surface area contributed by atoms with E-state index < -0.39 is 21.9 Å². The first-order valence-corrected chi connectivity index (χ1v) is 7.78. The van der Waals surface area contributed by atoms with Crippen LogP contribution in [0.25, 0.3) is 0 Å². The van der Waals surface area contributed by atoms with Crippen LogP contribution in [-0.4, -0.2) is 37.0 Å². The van der Waals surface area contributed by atoms with Gasteiger partial charge in [-0.15, -0.1) is 0 Å². The van der Waals surface area contributed by atoms with E-state index in [4.69, 9.17) is 0 Å². The average molecular weight is 338 g/mol. The predicted octanol–water partition coefficient (Wildman–Crippen LogP) is 1.73. The quantitative estimate of drug-likeness (QED) is 0.894. The van der Waals surface area contributed by atoms with Crippen molar-refractivity contribution in [2.75, 3.05) is 13.1 Å². The molecular formula is C11H13BrFNO3S. The SMILES string of the molecule is O=S(=O)(c1ccc(Br)cc1F)N1CCC[C@H](O)C1. The summed E-state index contributed by atoms with van der Waals surface area (Å²) in [6.07, 6.45) is 0.486. The smallest absolute Gasteiger partial charge is 0.246 e. The lowest BCUT2D eigenvalue weighted by molar-refractivity contribution is 0.108. The van der Waals surface area contributed by atoms with Crippen molar-refractivity contribution < 1.29 is 17.9 Å². The molecule has 100 valence electrons. The zero-order valence-electron chi connectivity index (χ0n) is 9.51. The van der Waals surface area contributed by atoms with Gasteiger partial charge in [-0.25, -0.2) is 12.8 Å². The summed E-state index contributed by atoms with van der Waals surface area (Å²) in [7, 11) is -3.86. The van der Waals surface area contributed by atoms with Gasteiger partial charge in [0.05, 0.1) is 6.10 Å². The number of aliphatic hydroxyl groups is 1. The molecule has 0 aliphatic carbocycles. The van der Waals surface area contributed by atoms with Gasteiger partial charge in [-0.2, -0.15) is 4.31 Å². The van der Waals surface area contributed by atoms with Crippen LogP contribution in [-0.2, 0) is 10.0 Å². The van der Waals surface area contributed by atoms with E-state index in [-0.39, 0.29) is 11.4 Å². The number of β-amino-alcohol motifs (C(OH)–C–C–N with tert-alkyl or cyclic N) is 1. The van der Waals surface area contributed by atoms with E-state index in [1.165, 1.54) is 12.1 Å². The van der Waals surface area contributed by atoms with Crippen LogP contribution in [0.2, 0.25) is 0 Å². The van der Waals surface area contributed by atoms with Crippen molar-refractivity contribution in [2.24, 2.45) is 0 Å². The molecular weight excluding hydrogens is 325 g/mol. The fourth-order valence-electron chi connectivity index (χ4n) is 1.96. The molecule has 7 heteroatoms. The molecule has 1 atom stereocenters. The van der Waals surface area contributed by atoms with Crippen LogP contribution in [0.1, 0.15) is 12.8 Å². The van der Waals surface area contributed by atoms with Crippen LogP contribution in [0.3, 0.4) is 0 Å². The molecule has 1 aliphatic heterocycles. The first-order valence-electron chi connectivity index (χ1n) is 5.54. The van der Waals surface area contributed by atoms with Gasteiger partial charge < -0.3 is 5.11 Å². The Morgan fingerprint density at radius 2 is 2.17 bits per heavy atom. The highest BCUT2D eigenvalue weighted by atomic mass is 79.9. The Kier molecular flexibility index (Phi) is 4.05. The third kappa shape index (κ3) is 2.74. The molecule has 0 unspecified atom stereocenters. The van der Waals surface area contributed by atoms with Gasteiger partial charge in [0.2, 0.25) is 10.0 Å². The third-order valence-electron chi connectivity index (χ3n) is 2.87. The molecule has 1 heterocycles. The normalized spacial score (nSPS) is 22.1. The molecule has 0 aromatic heterocycles. The Bertz CT molecular complexity index is 549. The van der Waals surface area contributed by atoms with E-state index in [2.05, 4.69) is 15.9 Å². The van der Waals surface area contributed by atoms with Gasteiger partial charge in [-0.3, -0.25) is 0 Å². The highest BCUT2D eigenvalue weighted by molar-refractivity contribution is 9.10. The Hall–Kier alpha value is -0.500. The van der Waals surface area contributed by atoms with Gasteiger partial charge in [-0.05, 0) is 31.0 Å². The molecule has 0 saturated carbocycles. The Morgan fingerprint density at radius 3 is 2.78 bits per heavy atom. The summed E-state index contributed by atoms with van der Waals surface area (Å²) in [5.41, 5.74) is 0. The summed E-state index contributed by atoms with van der Waals surface area (Å²) in [4.78, 5) is -0.347. The molecule has 4 nitrogen and oxygen atoms in total. The third-order valence-corrected chi connectivity index (χ3v) is 5.26. The summed E-state index contributed by atoms with van der Waals surface area (Å²) in [5, 5.41) is 9.50. The zero-order chi connectivity index (χ0) is 13.3. The lowest BCUT2D eigenvalue weighted by Crippen LogP contribution is -2.42. The lowest BCUT2D eigenvalue weighted by Gasteiger charge is -2.29. The van der Waals surface area contributed by atoms with Gasteiger partial charge >= 0.3 is 0 Å². The number of benzene rings is 1. The summed E-state index contributed by atoms with van der Waals surface area (Å²) < 4.78 is 39.8. The Labute approximate surface area is 114 Å². The number of aliphatic hydroxyl groups excluding tert-OH is 1. The molecule has 2 rings (SSSR count). The topological polar surface area (TPSA) is 57.6 Å². The minimum atomic E-state index is -3.86. The van der Waals surface area contributed by atoms with Crippen molar-refractivity contribution in [3.63, 3.8) is 0 Å². The number of nitrogens with zero attached hydrogens (tertiary/aromatic N) is 1. The predicted molar refractivity (Wildman–Crippen MR) is 68.1 cm³/mol. The molecule has 1 aromatic rings. The maximum atomic E-state index is 13.7. The van der Waals surface area contributed by atoms with Crippen LogP contribution < -0.4 is 0 Å². The van der Waals surface area contributed by atoms with Gasteiger partial charge in [0.15, 0.2) is 0 Å². The molecule has 1 aromatic carbocycles. The van der Waals surface area contributed by atoms with E-state index in [1.807, 2.05) is 0 Å². The fraction of sp³-hybridized carbons (Fsp3) is 0.455. The second-order valence-corrected chi connectivity index (χ2v) is 7.06. The Balaban J connectivity index is 2.35. The molecule has 1 fully saturated rings. The van der Waals surface area contributed by atoms with Crippen LogP contribution >= 0.6 is 15.9 Å². The summed E-state index contributed by atoms with van der Waals surface area (Å²) in [6, 6.07) is 3.83. The number of hydrogen-bond acceptors (Lipinski definition) is 3. The zero-order valence-corrected chi connectivity index (χ0v) is 11.9. The maximum absolute atomic E-state index is 13.7. The first-order chi connectivity index (χ1) is 8.41. The van der Waals surface area contributed by atoms with Crippen molar-refractivity contribution in [3.05, 3.63) is 28.5 Å². The van der Waals surface area contributed by atoms with Crippen LogP contribution in [0.15, 0.2) is 27.6 Å². The van der Waals surface area contributed by atoms with Gasteiger partial charge in [0.1, 0.15) is 10.7 Å². The average Bonchev–Trinajstić information content (AvgIpc) is 2.28. The summed E-state index contributed by atoms with van der Waals surface area (Å²) in [5.74, 6) is -0.788. The number of hydrogen-bond donors (Lipinski definition) is 1. The minimum absolute atomic E-state index is 0.0256. The second kappa shape index (κ2) is 5.24. The van der Waals surface area contributed by atoms with Gasteiger partial charge in [0, 0.05) is 17.6 Å². The number of sulfonamides is 1. The van der Waals surface area contributed by atoms with Gasteiger partial charge in [0.25, 0.3) is 0 Å². The molecule has 1 saturated heterocycles. The highest BCUT2D eigenvalue weighted by Gasteiger charge is 2.31. The molecule has 0 spiro atoms. The number of piperidine rings is 1. The lowest BCUT2D eigenvalue weighted by atomic mass is 10.1. The molecule has 1 aliphatic rings. The van der Waals surface area contributed by atoms with Crippen LogP contribution in [0.4, 0.5) is 4.39 Å². The fourth-order valence-corrected chi connectivity index (χ4v) is 3.86. The van der Waals surface area contributed by atoms with Crippen molar-refractivity contribution in [2.45, 2.75) is 23.8 Å². The second-order valence-electron chi connectivity index (χ2n) is 4.23. The Morgan fingerprint density at radius 1 is 1.44 bits per heavy atom. The maximum Gasteiger partial charge on any atom is 0.246 e. The summed E-state index contributed by atoms with van der Waals surface area (Å²) >= 11 is 3.08. The van der Waals surface area contributed by atoms with Crippen molar-refractivity contribution in [3.8, 4) is 0 Å². The van der Waals surface area contributed by atoms with Crippen molar-refractivity contribution >= 4 is 26.0 Å². The van der Waals surface area contributed by atoms with E-state index in [0.29, 0.717) is 23.9 Å². The van der Waals surface area contributed by atoms with Crippen LogP contribution in [0.5, 0.6) is 0 Å². The molecule has 1 N–H and O–H groups in total. The molecule has 0 radical (unpaired) electrons. The van der Waals surface area contributed by atoms with E-state index in [0.717, 1.165) is 10.4 Å². The van der Waals surface area contributed by atoms with E-state index >= 15 is 0 Å². The summed E-state index contributed by atoms with van der Waals surface area (Å²) in [6.45, 7) is 0.340.